The molecule has 0 bridgehead atoms. The molecule has 1 aliphatic carbocycles. The van der Waals surface area contributed by atoms with Crippen LogP contribution in [0.2, 0.25) is 0 Å². The van der Waals surface area contributed by atoms with Gasteiger partial charge in [-0.1, -0.05) is 31.0 Å². The predicted octanol–water partition coefficient (Wildman–Crippen LogP) is 2.81. The molecule has 0 saturated heterocycles. The summed E-state index contributed by atoms with van der Waals surface area (Å²) in [7, 11) is 1.91. The number of hydrogen-bond acceptors (Lipinski definition) is 5. The average Bonchev–Trinajstić information content (AvgIpc) is 2.97. The van der Waals surface area contributed by atoms with Crippen LogP contribution in [-0.2, 0) is 11.8 Å². The molecular weight excluding hydrogens is 322 g/mol. The van der Waals surface area contributed by atoms with Crippen LogP contribution in [0.5, 0.6) is 0 Å². The van der Waals surface area contributed by atoms with Gasteiger partial charge >= 0.3 is 0 Å². The Morgan fingerprint density at radius 3 is 2.83 bits per heavy atom. The van der Waals surface area contributed by atoms with E-state index in [-0.39, 0.29) is 11.2 Å². The van der Waals surface area contributed by atoms with Crippen LogP contribution < -0.4 is 5.32 Å². The van der Waals surface area contributed by atoms with Gasteiger partial charge in [-0.2, -0.15) is 0 Å². The van der Waals surface area contributed by atoms with Gasteiger partial charge in [0.15, 0.2) is 11.0 Å². The van der Waals surface area contributed by atoms with Gasteiger partial charge in [-0.3, -0.25) is 9.78 Å². The molecule has 0 unspecified atom stereocenters. The summed E-state index contributed by atoms with van der Waals surface area (Å²) in [5, 5.41) is 12.2. The minimum Gasteiger partial charge on any atom is -0.352 e. The third-order valence-corrected chi connectivity index (χ3v) is 5.49. The van der Waals surface area contributed by atoms with Crippen molar-refractivity contribution < 1.29 is 4.79 Å². The largest absolute Gasteiger partial charge is 0.352 e. The van der Waals surface area contributed by atoms with E-state index in [1.165, 1.54) is 31.0 Å². The zero-order valence-electron chi connectivity index (χ0n) is 14.1. The summed E-state index contributed by atoms with van der Waals surface area (Å²) >= 11 is 1.44. The number of pyridine rings is 1. The van der Waals surface area contributed by atoms with Crippen LogP contribution in [-0.4, -0.2) is 36.9 Å². The molecule has 1 amide bonds. The van der Waals surface area contributed by atoms with E-state index in [1.54, 1.807) is 12.4 Å². The topological polar surface area (TPSA) is 72.7 Å². The van der Waals surface area contributed by atoms with Crippen molar-refractivity contribution in [2.24, 2.45) is 7.05 Å². The monoisotopic (exact) mass is 345 g/mol. The van der Waals surface area contributed by atoms with E-state index < -0.39 is 0 Å². The Balaban J connectivity index is 1.63. The van der Waals surface area contributed by atoms with Crippen molar-refractivity contribution in [3.8, 4) is 11.4 Å². The highest BCUT2D eigenvalue weighted by Crippen LogP contribution is 2.26. The molecule has 1 aliphatic rings. The highest BCUT2D eigenvalue weighted by Gasteiger charge is 2.22. The van der Waals surface area contributed by atoms with Crippen LogP contribution >= 0.6 is 11.8 Å². The first-order valence-corrected chi connectivity index (χ1v) is 9.30. The predicted molar refractivity (Wildman–Crippen MR) is 94.6 cm³/mol. The number of amides is 1. The molecule has 1 saturated carbocycles. The molecule has 0 aliphatic heterocycles. The van der Waals surface area contributed by atoms with Gasteiger partial charge < -0.3 is 9.88 Å². The smallest absolute Gasteiger partial charge is 0.233 e. The lowest BCUT2D eigenvalue weighted by Crippen LogP contribution is -2.40. The molecule has 1 atom stereocenters. The van der Waals surface area contributed by atoms with Crippen LogP contribution in [0.3, 0.4) is 0 Å². The SMILES string of the molecule is C[C@@H](Sc1nnc(-c2cccnc2)n1C)C(=O)NC1CCCCC1. The van der Waals surface area contributed by atoms with E-state index in [2.05, 4.69) is 20.5 Å². The summed E-state index contributed by atoms with van der Waals surface area (Å²) in [6, 6.07) is 4.15. The second-order valence-corrected chi connectivity index (χ2v) is 7.52. The summed E-state index contributed by atoms with van der Waals surface area (Å²) in [4.78, 5) is 16.5. The number of thioether (sulfide) groups is 1. The third-order valence-electron chi connectivity index (χ3n) is 4.36. The third kappa shape index (κ3) is 3.95. The number of nitrogens with zero attached hydrogens (tertiary/aromatic N) is 4. The van der Waals surface area contributed by atoms with Gasteiger partial charge in [0, 0.05) is 31.0 Å². The average molecular weight is 345 g/mol. The van der Waals surface area contributed by atoms with Crippen LogP contribution in [0.4, 0.5) is 0 Å². The van der Waals surface area contributed by atoms with Crippen LogP contribution in [0, 0.1) is 0 Å². The van der Waals surface area contributed by atoms with Gasteiger partial charge in [0.2, 0.25) is 5.91 Å². The van der Waals surface area contributed by atoms with E-state index >= 15 is 0 Å². The van der Waals surface area contributed by atoms with Crippen LogP contribution in [0.25, 0.3) is 11.4 Å². The molecule has 3 rings (SSSR count). The van der Waals surface area contributed by atoms with Crippen molar-refractivity contribution in [2.45, 2.75) is 55.5 Å². The molecule has 0 spiro atoms. The van der Waals surface area contributed by atoms with E-state index in [0.29, 0.717) is 6.04 Å². The minimum atomic E-state index is -0.198. The molecule has 0 aromatic carbocycles. The number of hydrogen-bond donors (Lipinski definition) is 1. The summed E-state index contributed by atoms with van der Waals surface area (Å²) in [5.41, 5.74) is 0.915. The Kier molecular flexibility index (Phi) is 5.50. The molecule has 0 radical (unpaired) electrons. The number of nitrogens with one attached hydrogen (secondary N) is 1. The first kappa shape index (κ1) is 17.0. The van der Waals surface area contributed by atoms with Crippen molar-refractivity contribution in [2.75, 3.05) is 0 Å². The number of carbonyl (C=O) groups is 1. The summed E-state index contributed by atoms with van der Waals surface area (Å²) < 4.78 is 1.91. The fourth-order valence-electron chi connectivity index (χ4n) is 2.94. The molecule has 128 valence electrons. The first-order chi connectivity index (χ1) is 11.6. The lowest BCUT2D eigenvalue weighted by atomic mass is 9.95. The van der Waals surface area contributed by atoms with Crippen molar-refractivity contribution >= 4 is 17.7 Å². The fraction of sp³-hybridized carbons (Fsp3) is 0.529. The molecule has 2 heterocycles. The molecular formula is C17H23N5OS. The van der Waals surface area contributed by atoms with E-state index in [0.717, 1.165) is 29.4 Å². The van der Waals surface area contributed by atoms with Gasteiger partial charge in [0.05, 0.1) is 5.25 Å². The van der Waals surface area contributed by atoms with Gasteiger partial charge in [-0.15, -0.1) is 10.2 Å². The van der Waals surface area contributed by atoms with Gasteiger partial charge in [-0.25, -0.2) is 0 Å². The second kappa shape index (κ2) is 7.79. The number of aromatic nitrogens is 4. The lowest BCUT2D eigenvalue weighted by Gasteiger charge is -2.24. The molecule has 7 heteroatoms. The fourth-order valence-corrected chi connectivity index (χ4v) is 3.76. The van der Waals surface area contributed by atoms with Crippen molar-refractivity contribution in [1.82, 2.24) is 25.1 Å². The molecule has 2 aromatic heterocycles. The summed E-state index contributed by atoms with van der Waals surface area (Å²) in [6.45, 7) is 1.92. The van der Waals surface area contributed by atoms with E-state index in [4.69, 9.17) is 0 Å². The summed E-state index contributed by atoms with van der Waals surface area (Å²) in [6.07, 6.45) is 9.39. The zero-order chi connectivity index (χ0) is 16.9. The normalized spacial score (nSPS) is 16.8. The first-order valence-electron chi connectivity index (χ1n) is 8.42. The van der Waals surface area contributed by atoms with Crippen molar-refractivity contribution in [1.29, 1.82) is 0 Å². The Hall–Kier alpha value is -1.89. The number of carbonyl (C=O) groups excluding carboxylic acids is 1. The highest BCUT2D eigenvalue weighted by atomic mass is 32.2. The van der Waals surface area contributed by atoms with E-state index in [1.807, 2.05) is 30.7 Å². The zero-order valence-corrected chi connectivity index (χ0v) is 14.9. The van der Waals surface area contributed by atoms with Crippen molar-refractivity contribution in [3.63, 3.8) is 0 Å². The molecule has 6 nitrogen and oxygen atoms in total. The molecule has 1 fully saturated rings. The lowest BCUT2D eigenvalue weighted by molar-refractivity contribution is -0.121. The Morgan fingerprint density at radius 1 is 1.33 bits per heavy atom. The standard InChI is InChI=1S/C17H23N5OS/c1-12(16(23)19-14-8-4-3-5-9-14)24-17-21-20-15(22(17)2)13-7-6-10-18-11-13/h6-7,10-12,14H,3-5,8-9H2,1-2H3,(H,19,23)/t12-/m1/s1. The van der Waals surface area contributed by atoms with Crippen molar-refractivity contribution in [3.05, 3.63) is 24.5 Å². The maximum absolute atomic E-state index is 12.4. The second-order valence-electron chi connectivity index (χ2n) is 6.21. The quantitative estimate of drug-likeness (QED) is 0.844. The minimum absolute atomic E-state index is 0.0813. The van der Waals surface area contributed by atoms with Gasteiger partial charge in [-0.05, 0) is 31.9 Å². The number of rotatable bonds is 5. The Morgan fingerprint density at radius 2 is 2.12 bits per heavy atom. The maximum atomic E-state index is 12.4. The van der Waals surface area contributed by atoms with Gasteiger partial charge in [0.25, 0.3) is 0 Å². The summed E-state index contributed by atoms with van der Waals surface area (Å²) in [5.74, 6) is 0.836. The van der Waals surface area contributed by atoms with E-state index in [9.17, 15) is 4.79 Å². The molecule has 2 aromatic rings. The highest BCUT2D eigenvalue weighted by molar-refractivity contribution is 8.00. The van der Waals surface area contributed by atoms with Crippen LogP contribution in [0.1, 0.15) is 39.0 Å². The Labute approximate surface area is 146 Å². The maximum Gasteiger partial charge on any atom is 0.233 e. The molecule has 1 N–H and O–H groups in total. The molecule has 24 heavy (non-hydrogen) atoms. The van der Waals surface area contributed by atoms with Crippen LogP contribution in [0.15, 0.2) is 29.7 Å². The Bertz CT molecular complexity index is 682. The van der Waals surface area contributed by atoms with Gasteiger partial charge in [0.1, 0.15) is 0 Å².